The van der Waals surface area contributed by atoms with Crippen LogP contribution < -0.4 is 10.6 Å². The first-order valence-corrected chi connectivity index (χ1v) is 9.60. The van der Waals surface area contributed by atoms with E-state index in [9.17, 15) is 0 Å². The van der Waals surface area contributed by atoms with E-state index in [0.29, 0.717) is 19.2 Å². The summed E-state index contributed by atoms with van der Waals surface area (Å²) in [5.41, 5.74) is 0. The lowest BCUT2D eigenvalue weighted by Gasteiger charge is -2.33. The van der Waals surface area contributed by atoms with Crippen LogP contribution >= 0.6 is 0 Å². The van der Waals surface area contributed by atoms with Gasteiger partial charge in [-0.3, -0.25) is 4.99 Å². The third-order valence-corrected chi connectivity index (χ3v) is 4.57. The fourth-order valence-corrected chi connectivity index (χ4v) is 3.04. The SMILES string of the molecule is CCCCN1CCC(NC(=NCCOC)NCCc2ccco2)CC1. The zero-order valence-corrected chi connectivity index (χ0v) is 15.8. The average molecular weight is 351 g/mol. The molecule has 2 rings (SSSR count). The molecule has 0 saturated carbocycles. The fourth-order valence-electron chi connectivity index (χ4n) is 3.04. The van der Waals surface area contributed by atoms with Gasteiger partial charge in [-0.2, -0.15) is 0 Å². The maximum Gasteiger partial charge on any atom is 0.191 e. The minimum atomic E-state index is 0.496. The molecule has 0 unspecified atom stereocenters. The van der Waals surface area contributed by atoms with Gasteiger partial charge in [0, 0.05) is 39.2 Å². The lowest BCUT2D eigenvalue weighted by atomic mass is 10.0. The second-order valence-electron chi connectivity index (χ2n) is 6.59. The van der Waals surface area contributed by atoms with Crippen LogP contribution in [0.2, 0.25) is 0 Å². The van der Waals surface area contributed by atoms with E-state index in [4.69, 9.17) is 9.15 Å². The highest BCUT2D eigenvalue weighted by Crippen LogP contribution is 2.11. The highest BCUT2D eigenvalue weighted by Gasteiger charge is 2.19. The number of methoxy groups -OCH3 is 1. The summed E-state index contributed by atoms with van der Waals surface area (Å²) in [6.45, 7) is 7.96. The Morgan fingerprint density at radius 3 is 2.92 bits per heavy atom. The summed E-state index contributed by atoms with van der Waals surface area (Å²) < 4.78 is 10.5. The Bertz CT molecular complexity index is 468. The van der Waals surface area contributed by atoms with Gasteiger partial charge in [0.15, 0.2) is 5.96 Å². The fraction of sp³-hybridized carbons (Fsp3) is 0.737. The number of hydrogen-bond acceptors (Lipinski definition) is 4. The molecule has 1 aromatic heterocycles. The molecule has 142 valence electrons. The smallest absolute Gasteiger partial charge is 0.191 e. The van der Waals surface area contributed by atoms with Gasteiger partial charge < -0.3 is 24.7 Å². The predicted octanol–water partition coefficient (Wildman–Crippen LogP) is 2.27. The van der Waals surface area contributed by atoms with Gasteiger partial charge in [0.1, 0.15) is 5.76 Å². The number of guanidine groups is 1. The number of ether oxygens (including phenoxy) is 1. The van der Waals surface area contributed by atoms with Gasteiger partial charge in [0.2, 0.25) is 0 Å². The Morgan fingerprint density at radius 1 is 1.40 bits per heavy atom. The van der Waals surface area contributed by atoms with Crippen molar-refractivity contribution in [3.05, 3.63) is 24.2 Å². The molecule has 2 N–H and O–H groups in total. The van der Waals surface area contributed by atoms with E-state index in [2.05, 4.69) is 27.4 Å². The minimum Gasteiger partial charge on any atom is -0.469 e. The molecule has 0 atom stereocenters. The first kappa shape index (κ1) is 19.8. The van der Waals surface area contributed by atoms with Crippen molar-refractivity contribution in [2.24, 2.45) is 4.99 Å². The number of furan rings is 1. The first-order chi connectivity index (χ1) is 12.3. The van der Waals surface area contributed by atoms with Gasteiger partial charge >= 0.3 is 0 Å². The molecule has 1 aromatic rings. The van der Waals surface area contributed by atoms with Crippen LogP contribution in [0.25, 0.3) is 0 Å². The molecule has 1 aliphatic rings. The summed E-state index contributed by atoms with van der Waals surface area (Å²) >= 11 is 0. The summed E-state index contributed by atoms with van der Waals surface area (Å²) in [4.78, 5) is 7.20. The number of piperidine rings is 1. The quantitative estimate of drug-likeness (QED) is 0.385. The molecule has 6 nitrogen and oxygen atoms in total. The molecule has 0 spiro atoms. The van der Waals surface area contributed by atoms with E-state index < -0.39 is 0 Å². The molecular formula is C19H34N4O2. The lowest BCUT2D eigenvalue weighted by Crippen LogP contribution is -2.49. The largest absolute Gasteiger partial charge is 0.469 e. The highest BCUT2D eigenvalue weighted by molar-refractivity contribution is 5.80. The van der Waals surface area contributed by atoms with Crippen LogP contribution in [0.3, 0.4) is 0 Å². The van der Waals surface area contributed by atoms with Crippen LogP contribution in [0.15, 0.2) is 27.8 Å². The van der Waals surface area contributed by atoms with Gasteiger partial charge in [-0.1, -0.05) is 13.3 Å². The van der Waals surface area contributed by atoms with Crippen LogP contribution in [0.5, 0.6) is 0 Å². The molecular weight excluding hydrogens is 316 g/mol. The molecule has 6 heteroatoms. The topological polar surface area (TPSA) is 62.0 Å². The average Bonchev–Trinajstić information content (AvgIpc) is 3.14. The van der Waals surface area contributed by atoms with Crippen molar-refractivity contribution in [1.29, 1.82) is 0 Å². The Hall–Kier alpha value is -1.53. The Labute approximate surface area is 152 Å². The number of likely N-dealkylation sites (tertiary alicyclic amines) is 1. The van der Waals surface area contributed by atoms with Crippen LogP contribution in [-0.4, -0.2) is 63.3 Å². The Kier molecular flexibility index (Phi) is 9.44. The van der Waals surface area contributed by atoms with Crippen molar-refractivity contribution in [2.45, 2.75) is 45.1 Å². The van der Waals surface area contributed by atoms with Crippen LogP contribution in [0.4, 0.5) is 0 Å². The molecule has 2 heterocycles. The molecule has 0 aliphatic carbocycles. The van der Waals surface area contributed by atoms with Crippen molar-refractivity contribution in [1.82, 2.24) is 15.5 Å². The monoisotopic (exact) mass is 350 g/mol. The normalized spacial score (nSPS) is 17.0. The van der Waals surface area contributed by atoms with E-state index in [1.54, 1.807) is 13.4 Å². The number of hydrogen-bond donors (Lipinski definition) is 2. The van der Waals surface area contributed by atoms with Crippen molar-refractivity contribution in [3.63, 3.8) is 0 Å². The van der Waals surface area contributed by atoms with Gasteiger partial charge in [0.25, 0.3) is 0 Å². The third kappa shape index (κ3) is 7.92. The number of nitrogens with one attached hydrogen (secondary N) is 2. The van der Waals surface area contributed by atoms with E-state index in [1.807, 2.05) is 12.1 Å². The molecule has 0 bridgehead atoms. The maximum atomic E-state index is 5.38. The van der Waals surface area contributed by atoms with Crippen molar-refractivity contribution >= 4 is 5.96 Å². The standard InChI is InChI=1S/C19H34N4O2/c1-3-4-12-23-13-8-17(9-14-23)22-19(21-11-16-24-2)20-10-7-18-6-5-15-25-18/h5-6,15,17H,3-4,7-14,16H2,1-2H3,(H2,20,21,22). The van der Waals surface area contributed by atoms with E-state index in [0.717, 1.165) is 24.7 Å². The molecule has 0 radical (unpaired) electrons. The first-order valence-electron chi connectivity index (χ1n) is 9.60. The zero-order valence-electron chi connectivity index (χ0n) is 15.8. The van der Waals surface area contributed by atoms with Gasteiger partial charge in [0.05, 0.1) is 19.4 Å². The lowest BCUT2D eigenvalue weighted by molar-refractivity contribution is 0.202. The van der Waals surface area contributed by atoms with Crippen molar-refractivity contribution < 1.29 is 9.15 Å². The zero-order chi connectivity index (χ0) is 17.7. The summed E-state index contributed by atoms with van der Waals surface area (Å²) in [6, 6.07) is 4.42. The number of aliphatic imine (C=N–C) groups is 1. The summed E-state index contributed by atoms with van der Waals surface area (Å²) in [7, 11) is 1.71. The molecule has 1 saturated heterocycles. The Balaban J connectivity index is 1.74. The second-order valence-corrected chi connectivity index (χ2v) is 6.59. The Morgan fingerprint density at radius 2 is 2.24 bits per heavy atom. The highest BCUT2D eigenvalue weighted by atomic mass is 16.5. The summed E-state index contributed by atoms with van der Waals surface area (Å²) in [5.74, 6) is 1.88. The van der Waals surface area contributed by atoms with Crippen molar-refractivity contribution in [3.8, 4) is 0 Å². The molecule has 1 fully saturated rings. The van der Waals surface area contributed by atoms with Gasteiger partial charge in [-0.15, -0.1) is 0 Å². The predicted molar refractivity (Wildman–Crippen MR) is 102 cm³/mol. The molecule has 25 heavy (non-hydrogen) atoms. The summed E-state index contributed by atoms with van der Waals surface area (Å²) in [6.07, 6.45) is 7.49. The van der Waals surface area contributed by atoms with Gasteiger partial charge in [-0.05, 0) is 37.9 Å². The van der Waals surface area contributed by atoms with Gasteiger partial charge in [-0.25, -0.2) is 0 Å². The number of nitrogens with zero attached hydrogens (tertiary/aromatic N) is 2. The molecule has 0 aromatic carbocycles. The van der Waals surface area contributed by atoms with Crippen molar-refractivity contribution in [2.75, 3.05) is 46.4 Å². The number of rotatable bonds is 10. The van der Waals surface area contributed by atoms with E-state index in [1.165, 1.54) is 45.3 Å². The van der Waals surface area contributed by atoms with Crippen LogP contribution in [0.1, 0.15) is 38.4 Å². The van der Waals surface area contributed by atoms with E-state index in [-0.39, 0.29) is 0 Å². The number of unbranched alkanes of at least 4 members (excludes halogenated alkanes) is 1. The maximum absolute atomic E-state index is 5.38. The van der Waals surface area contributed by atoms with E-state index >= 15 is 0 Å². The van der Waals surface area contributed by atoms with Crippen LogP contribution in [0, 0.1) is 0 Å². The summed E-state index contributed by atoms with van der Waals surface area (Å²) in [5, 5.41) is 7.02. The molecule has 0 amide bonds. The molecule has 1 aliphatic heterocycles. The second kappa shape index (κ2) is 11.9. The van der Waals surface area contributed by atoms with Crippen LogP contribution in [-0.2, 0) is 11.2 Å². The minimum absolute atomic E-state index is 0.496. The third-order valence-electron chi connectivity index (χ3n) is 4.57.